The summed E-state index contributed by atoms with van der Waals surface area (Å²) in [6.45, 7) is 1.63. The third-order valence-electron chi connectivity index (χ3n) is 3.67. The highest BCUT2D eigenvalue weighted by Crippen LogP contribution is 2.34. The second-order valence-corrected chi connectivity index (χ2v) is 6.85. The van der Waals surface area contributed by atoms with Crippen LogP contribution in [0.15, 0.2) is 30.3 Å². The van der Waals surface area contributed by atoms with Crippen molar-refractivity contribution in [3.8, 4) is 0 Å². The molecule has 0 aliphatic rings. The average molecular weight is 390 g/mol. The average Bonchev–Trinajstić information content (AvgIpc) is 2.95. The van der Waals surface area contributed by atoms with Crippen molar-refractivity contribution < 1.29 is 23.5 Å². The first-order valence-electron chi connectivity index (χ1n) is 7.92. The molecule has 0 bridgehead atoms. The summed E-state index contributed by atoms with van der Waals surface area (Å²) in [5, 5.41) is 2.84. The van der Waals surface area contributed by atoms with Gasteiger partial charge in [-0.15, -0.1) is 11.3 Å². The molecule has 2 rings (SSSR count). The molecule has 1 aromatic heterocycles. The molecule has 0 saturated heterocycles. The van der Waals surface area contributed by atoms with Crippen molar-refractivity contribution in [2.24, 2.45) is 0 Å². The molecule has 8 heteroatoms. The zero-order chi connectivity index (χ0) is 20.1. The molecule has 142 valence electrons. The summed E-state index contributed by atoms with van der Waals surface area (Å²) < 4.78 is 17.7. The van der Waals surface area contributed by atoms with E-state index in [1.165, 1.54) is 48.4 Å². The topological polar surface area (TPSA) is 75.7 Å². The minimum Gasteiger partial charge on any atom is -0.465 e. The minimum absolute atomic E-state index is 0.149. The lowest BCUT2D eigenvalue weighted by atomic mass is 10.1. The highest BCUT2D eigenvalue weighted by atomic mass is 32.1. The highest BCUT2D eigenvalue weighted by Gasteiger charge is 2.26. The third kappa shape index (κ3) is 4.79. The molecule has 0 aliphatic heterocycles. The molecule has 2 aromatic rings. The van der Waals surface area contributed by atoms with Crippen molar-refractivity contribution in [3.05, 3.63) is 57.7 Å². The van der Waals surface area contributed by atoms with Crippen molar-refractivity contribution in [2.45, 2.75) is 6.92 Å². The molecule has 1 heterocycles. The molecule has 0 aliphatic carbocycles. The summed E-state index contributed by atoms with van der Waals surface area (Å²) in [6.07, 6.45) is 2.77. The van der Waals surface area contributed by atoms with Gasteiger partial charge < -0.3 is 15.0 Å². The first kappa shape index (κ1) is 20.3. The van der Waals surface area contributed by atoms with Crippen molar-refractivity contribution >= 4 is 40.2 Å². The number of halogens is 1. The predicted molar refractivity (Wildman–Crippen MR) is 102 cm³/mol. The van der Waals surface area contributed by atoms with Gasteiger partial charge in [-0.25, -0.2) is 9.18 Å². The number of nitrogens with zero attached hydrogens (tertiary/aromatic N) is 1. The Morgan fingerprint density at radius 1 is 1.19 bits per heavy atom. The van der Waals surface area contributed by atoms with Crippen LogP contribution in [-0.4, -0.2) is 43.9 Å². The van der Waals surface area contributed by atoms with Gasteiger partial charge in [0, 0.05) is 20.2 Å². The van der Waals surface area contributed by atoms with E-state index < -0.39 is 11.9 Å². The predicted octanol–water partition coefficient (Wildman–Crippen LogP) is 3.34. The first-order chi connectivity index (χ1) is 12.7. The van der Waals surface area contributed by atoms with Crippen molar-refractivity contribution in [2.75, 3.05) is 26.5 Å². The molecule has 0 fully saturated rings. The van der Waals surface area contributed by atoms with Gasteiger partial charge in [-0.1, -0.05) is 12.1 Å². The van der Waals surface area contributed by atoms with E-state index in [9.17, 15) is 18.8 Å². The third-order valence-corrected chi connectivity index (χ3v) is 4.87. The summed E-state index contributed by atoms with van der Waals surface area (Å²) in [5.41, 5.74) is 1.24. The number of esters is 1. The van der Waals surface area contributed by atoms with Crippen molar-refractivity contribution in [1.82, 2.24) is 4.90 Å². The van der Waals surface area contributed by atoms with Gasteiger partial charge in [0.05, 0.1) is 17.6 Å². The smallest absolute Gasteiger partial charge is 0.341 e. The maximum atomic E-state index is 12.9. The largest absolute Gasteiger partial charge is 0.465 e. The van der Waals surface area contributed by atoms with E-state index in [0.717, 1.165) is 11.3 Å². The van der Waals surface area contributed by atoms with Gasteiger partial charge >= 0.3 is 5.97 Å². The van der Waals surface area contributed by atoms with Gasteiger partial charge in [0.2, 0.25) is 5.91 Å². The summed E-state index contributed by atoms with van der Waals surface area (Å²) in [5.74, 6) is -1.77. The van der Waals surface area contributed by atoms with Gasteiger partial charge in [-0.3, -0.25) is 9.59 Å². The number of amides is 2. The van der Waals surface area contributed by atoms with Crippen LogP contribution in [0.2, 0.25) is 0 Å². The van der Waals surface area contributed by atoms with Gasteiger partial charge in [-0.2, -0.15) is 0 Å². The number of methoxy groups -OCH3 is 1. The molecule has 1 N–H and O–H groups in total. The summed E-state index contributed by atoms with van der Waals surface area (Å²) in [4.78, 5) is 38.4. The standard InChI is InChI=1S/C19H19FN2O4S/c1-11-15(19(25)26-4)17(27-16(11)18(24)22(2)3)21-14(23)10-7-12-5-8-13(20)9-6-12/h5-10H,1-4H3,(H,21,23)/b10-7+. The number of nitrogens with one attached hydrogen (secondary N) is 1. The second-order valence-electron chi connectivity index (χ2n) is 5.83. The molecular weight excluding hydrogens is 371 g/mol. The fraction of sp³-hybridized carbons (Fsp3) is 0.211. The van der Waals surface area contributed by atoms with Crippen LogP contribution < -0.4 is 5.32 Å². The SMILES string of the molecule is COC(=O)c1c(NC(=O)/C=C/c2ccc(F)cc2)sc(C(=O)N(C)C)c1C. The minimum atomic E-state index is -0.639. The molecule has 0 spiro atoms. The normalized spacial score (nSPS) is 10.7. The zero-order valence-corrected chi connectivity index (χ0v) is 16.1. The maximum absolute atomic E-state index is 12.9. The number of hydrogen-bond donors (Lipinski definition) is 1. The van der Waals surface area contributed by atoms with Crippen LogP contribution >= 0.6 is 11.3 Å². The Bertz CT molecular complexity index is 901. The van der Waals surface area contributed by atoms with E-state index in [0.29, 0.717) is 16.0 Å². The fourth-order valence-electron chi connectivity index (χ4n) is 2.26. The van der Waals surface area contributed by atoms with Gasteiger partial charge in [0.15, 0.2) is 0 Å². The number of ether oxygens (including phenoxy) is 1. The van der Waals surface area contributed by atoms with Gasteiger partial charge in [-0.05, 0) is 36.3 Å². The van der Waals surface area contributed by atoms with Crippen molar-refractivity contribution in [1.29, 1.82) is 0 Å². The van der Waals surface area contributed by atoms with Crippen LogP contribution in [0.5, 0.6) is 0 Å². The number of carbonyl (C=O) groups excluding carboxylic acids is 3. The zero-order valence-electron chi connectivity index (χ0n) is 15.3. The number of hydrogen-bond acceptors (Lipinski definition) is 5. The summed E-state index contributed by atoms with van der Waals surface area (Å²) in [7, 11) is 4.43. The molecule has 27 heavy (non-hydrogen) atoms. The van der Waals surface area contributed by atoms with E-state index in [1.54, 1.807) is 21.0 Å². The highest BCUT2D eigenvalue weighted by molar-refractivity contribution is 7.18. The Morgan fingerprint density at radius 3 is 2.37 bits per heavy atom. The van der Waals surface area contributed by atoms with E-state index in [4.69, 9.17) is 4.74 Å². The number of anilines is 1. The van der Waals surface area contributed by atoms with Crippen LogP contribution in [-0.2, 0) is 9.53 Å². The number of carbonyl (C=O) groups is 3. The Labute approximate surface area is 160 Å². The molecule has 0 radical (unpaired) electrons. The lowest BCUT2D eigenvalue weighted by Crippen LogP contribution is -2.21. The molecule has 1 aromatic carbocycles. The van der Waals surface area contributed by atoms with Crippen LogP contribution in [0.4, 0.5) is 9.39 Å². The number of rotatable bonds is 5. The Kier molecular flexibility index (Phi) is 6.46. The lowest BCUT2D eigenvalue weighted by Gasteiger charge is -2.08. The lowest BCUT2D eigenvalue weighted by molar-refractivity contribution is -0.111. The Balaban J connectivity index is 2.29. The fourth-order valence-corrected chi connectivity index (χ4v) is 3.48. The van der Waals surface area contributed by atoms with E-state index in [2.05, 4.69) is 5.32 Å². The molecule has 0 atom stereocenters. The molecule has 2 amide bonds. The van der Waals surface area contributed by atoms with Gasteiger partial charge in [0.25, 0.3) is 5.91 Å². The van der Waals surface area contributed by atoms with Crippen molar-refractivity contribution in [3.63, 3.8) is 0 Å². The number of thiophene rings is 1. The van der Waals surface area contributed by atoms with Crippen LogP contribution in [0.25, 0.3) is 6.08 Å². The maximum Gasteiger partial charge on any atom is 0.341 e. The summed E-state index contributed by atoms with van der Waals surface area (Å²) >= 11 is 1.01. The van der Waals surface area contributed by atoms with E-state index in [-0.39, 0.29) is 22.3 Å². The monoisotopic (exact) mass is 390 g/mol. The van der Waals surface area contributed by atoms with Crippen LogP contribution in [0, 0.1) is 12.7 Å². The molecule has 0 saturated carbocycles. The second kappa shape index (κ2) is 8.59. The molecular formula is C19H19FN2O4S. The number of benzene rings is 1. The molecule has 0 unspecified atom stereocenters. The summed E-state index contributed by atoms with van der Waals surface area (Å²) in [6, 6.07) is 5.63. The van der Waals surface area contributed by atoms with Crippen LogP contribution in [0.1, 0.15) is 31.2 Å². The van der Waals surface area contributed by atoms with E-state index >= 15 is 0 Å². The first-order valence-corrected chi connectivity index (χ1v) is 8.74. The van der Waals surface area contributed by atoms with Gasteiger partial charge in [0.1, 0.15) is 10.8 Å². The van der Waals surface area contributed by atoms with Crippen LogP contribution in [0.3, 0.4) is 0 Å². The quantitative estimate of drug-likeness (QED) is 0.628. The Hall–Kier alpha value is -3.00. The van der Waals surface area contributed by atoms with E-state index in [1.807, 2.05) is 0 Å². The Morgan fingerprint density at radius 2 is 1.81 bits per heavy atom. The molecule has 6 nitrogen and oxygen atoms in total.